The first kappa shape index (κ1) is 14.3. The summed E-state index contributed by atoms with van der Waals surface area (Å²) in [5, 5.41) is 13.3. The zero-order valence-electron chi connectivity index (χ0n) is 12.7. The summed E-state index contributed by atoms with van der Waals surface area (Å²) in [7, 11) is 0. The van der Waals surface area contributed by atoms with Gasteiger partial charge in [0.15, 0.2) is 0 Å². The van der Waals surface area contributed by atoms with Gasteiger partial charge in [0.2, 0.25) is 0 Å². The zero-order chi connectivity index (χ0) is 14.9. The minimum atomic E-state index is -0.171. The molecule has 0 heterocycles. The molecule has 1 aliphatic carbocycles. The summed E-state index contributed by atoms with van der Waals surface area (Å²) in [6, 6.07) is 19.5. The second kappa shape index (κ2) is 5.63. The fourth-order valence-corrected chi connectivity index (χ4v) is 2.94. The monoisotopic (exact) mass is 281 g/mol. The van der Waals surface area contributed by atoms with E-state index >= 15 is 0 Å². The summed E-state index contributed by atoms with van der Waals surface area (Å²) >= 11 is 0. The minimum Gasteiger partial charge on any atom is -0.392 e. The van der Waals surface area contributed by atoms with Crippen LogP contribution in [0.15, 0.2) is 54.6 Å². The van der Waals surface area contributed by atoms with Crippen LogP contribution in [0, 0.1) is 5.41 Å². The van der Waals surface area contributed by atoms with Gasteiger partial charge in [-0.15, -0.1) is 0 Å². The number of nitrogens with one attached hydrogen (secondary N) is 1. The van der Waals surface area contributed by atoms with Crippen molar-refractivity contribution < 1.29 is 5.11 Å². The third-order valence-electron chi connectivity index (χ3n) is 4.83. The maximum atomic E-state index is 9.77. The van der Waals surface area contributed by atoms with E-state index in [-0.39, 0.29) is 11.5 Å². The molecule has 21 heavy (non-hydrogen) atoms. The highest BCUT2D eigenvalue weighted by Crippen LogP contribution is 2.40. The van der Waals surface area contributed by atoms with Crippen molar-refractivity contribution in [3.63, 3.8) is 0 Å². The Labute approximate surface area is 126 Å². The molecule has 110 valence electrons. The highest BCUT2D eigenvalue weighted by atomic mass is 16.3. The summed E-state index contributed by atoms with van der Waals surface area (Å²) in [6.07, 6.45) is 0.685. The van der Waals surface area contributed by atoms with E-state index in [2.05, 4.69) is 67.7 Å². The smallest absolute Gasteiger partial charge is 0.0621 e. The lowest BCUT2D eigenvalue weighted by Crippen LogP contribution is -2.59. The number of hydrogen-bond donors (Lipinski definition) is 2. The van der Waals surface area contributed by atoms with Crippen LogP contribution in [0.25, 0.3) is 11.1 Å². The Morgan fingerprint density at radius 1 is 1.00 bits per heavy atom. The van der Waals surface area contributed by atoms with Crippen molar-refractivity contribution in [1.29, 1.82) is 0 Å². The lowest BCUT2D eigenvalue weighted by atomic mass is 9.64. The van der Waals surface area contributed by atoms with Crippen molar-refractivity contribution in [2.75, 3.05) is 0 Å². The number of benzene rings is 2. The molecule has 2 atom stereocenters. The van der Waals surface area contributed by atoms with E-state index in [1.807, 2.05) is 6.07 Å². The average molecular weight is 281 g/mol. The summed E-state index contributed by atoms with van der Waals surface area (Å²) < 4.78 is 0. The maximum Gasteiger partial charge on any atom is 0.0621 e. The van der Waals surface area contributed by atoms with Gasteiger partial charge in [-0.2, -0.15) is 0 Å². The predicted molar refractivity (Wildman–Crippen MR) is 86.9 cm³/mol. The topological polar surface area (TPSA) is 32.3 Å². The van der Waals surface area contributed by atoms with Gasteiger partial charge in [-0.3, -0.25) is 0 Å². The van der Waals surface area contributed by atoms with Gasteiger partial charge in [0.25, 0.3) is 0 Å². The molecule has 0 spiro atoms. The van der Waals surface area contributed by atoms with Crippen molar-refractivity contribution in [2.24, 2.45) is 5.41 Å². The number of aliphatic hydroxyl groups excluding tert-OH is 1. The summed E-state index contributed by atoms with van der Waals surface area (Å²) in [5.74, 6) is 0. The van der Waals surface area contributed by atoms with E-state index in [0.717, 1.165) is 13.0 Å². The standard InChI is InChI=1S/C19H23NO/c1-19(2)17(12-18(19)21)20-13-14-8-10-16(11-9-14)15-6-4-3-5-7-15/h3-11,17-18,20-21H,12-13H2,1-2H3. The predicted octanol–water partition coefficient (Wildman–Crippen LogP) is 3.60. The molecular formula is C19H23NO. The van der Waals surface area contributed by atoms with Crippen molar-refractivity contribution in [3.05, 3.63) is 60.2 Å². The molecule has 0 aromatic heterocycles. The molecule has 2 aromatic rings. The molecule has 2 nitrogen and oxygen atoms in total. The molecule has 2 aromatic carbocycles. The van der Waals surface area contributed by atoms with Crippen molar-refractivity contribution in [2.45, 2.75) is 39.0 Å². The molecule has 1 aliphatic rings. The first-order chi connectivity index (χ1) is 10.1. The number of hydrogen-bond acceptors (Lipinski definition) is 2. The van der Waals surface area contributed by atoms with Crippen molar-refractivity contribution in [3.8, 4) is 11.1 Å². The molecular weight excluding hydrogens is 258 g/mol. The van der Waals surface area contributed by atoms with Crippen LogP contribution < -0.4 is 5.32 Å². The molecule has 1 fully saturated rings. The van der Waals surface area contributed by atoms with E-state index in [0.29, 0.717) is 6.04 Å². The molecule has 2 unspecified atom stereocenters. The second-order valence-electron chi connectivity index (χ2n) is 6.57. The van der Waals surface area contributed by atoms with Gasteiger partial charge < -0.3 is 10.4 Å². The largest absolute Gasteiger partial charge is 0.392 e. The van der Waals surface area contributed by atoms with Gasteiger partial charge in [0, 0.05) is 18.0 Å². The summed E-state index contributed by atoms with van der Waals surface area (Å²) in [6.45, 7) is 5.10. The molecule has 0 bridgehead atoms. The SMILES string of the molecule is CC1(C)C(O)CC1NCc1ccc(-c2ccccc2)cc1. The van der Waals surface area contributed by atoms with Gasteiger partial charge in [-0.05, 0) is 23.1 Å². The van der Waals surface area contributed by atoms with Crippen molar-refractivity contribution in [1.82, 2.24) is 5.32 Å². The van der Waals surface area contributed by atoms with E-state index < -0.39 is 0 Å². The van der Waals surface area contributed by atoms with Crippen LogP contribution in [-0.2, 0) is 6.54 Å². The molecule has 2 N–H and O–H groups in total. The number of rotatable bonds is 4. The lowest BCUT2D eigenvalue weighted by molar-refractivity contribution is -0.0729. The minimum absolute atomic E-state index is 0.00994. The van der Waals surface area contributed by atoms with E-state index in [1.54, 1.807) is 0 Å². The quantitative estimate of drug-likeness (QED) is 0.897. The van der Waals surface area contributed by atoms with Crippen LogP contribution in [0.4, 0.5) is 0 Å². The summed E-state index contributed by atoms with van der Waals surface area (Å²) in [5.41, 5.74) is 3.77. The van der Waals surface area contributed by atoms with E-state index in [9.17, 15) is 5.11 Å². The zero-order valence-corrected chi connectivity index (χ0v) is 12.7. The highest BCUT2D eigenvalue weighted by molar-refractivity contribution is 5.63. The van der Waals surface area contributed by atoms with Crippen LogP contribution in [0.1, 0.15) is 25.8 Å². The van der Waals surface area contributed by atoms with Gasteiger partial charge in [0.1, 0.15) is 0 Å². The van der Waals surface area contributed by atoms with E-state index in [1.165, 1.54) is 16.7 Å². The fourth-order valence-electron chi connectivity index (χ4n) is 2.94. The van der Waals surface area contributed by atoms with Gasteiger partial charge >= 0.3 is 0 Å². The van der Waals surface area contributed by atoms with Crippen LogP contribution in [-0.4, -0.2) is 17.3 Å². The van der Waals surface area contributed by atoms with Crippen LogP contribution >= 0.6 is 0 Å². The Kier molecular flexibility index (Phi) is 3.83. The molecule has 0 amide bonds. The van der Waals surface area contributed by atoms with Gasteiger partial charge in [-0.1, -0.05) is 68.4 Å². The third kappa shape index (κ3) is 2.87. The first-order valence-corrected chi connectivity index (χ1v) is 7.63. The first-order valence-electron chi connectivity index (χ1n) is 7.63. The molecule has 2 heteroatoms. The van der Waals surface area contributed by atoms with Crippen LogP contribution in [0.5, 0.6) is 0 Å². The maximum absolute atomic E-state index is 9.77. The molecule has 0 radical (unpaired) electrons. The van der Waals surface area contributed by atoms with E-state index in [4.69, 9.17) is 0 Å². The number of aliphatic hydroxyl groups is 1. The molecule has 0 saturated heterocycles. The highest BCUT2D eigenvalue weighted by Gasteiger charge is 2.46. The Morgan fingerprint density at radius 2 is 1.62 bits per heavy atom. The Morgan fingerprint density at radius 3 is 2.19 bits per heavy atom. The Hall–Kier alpha value is -1.64. The Balaban J connectivity index is 1.61. The summed E-state index contributed by atoms with van der Waals surface area (Å²) in [4.78, 5) is 0. The fraction of sp³-hybridized carbons (Fsp3) is 0.368. The van der Waals surface area contributed by atoms with Crippen molar-refractivity contribution >= 4 is 0 Å². The normalized spacial score (nSPS) is 23.6. The van der Waals surface area contributed by atoms with Crippen LogP contribution in [0.3, 0.4) is 0 Å². The van der Waals surface area contributed by atoms with Crippen LogP contribution in [0.2, 0.25) is 0 Å². The molecule has 1 saturated carbocycles. The molecule has 3 rings (SSSR count). The van der Waals surface area contributed by atoms with Gasteiger partial charge in [0.05, 0.1) is 6.10 Å². The lowest BCUT2D eigenvalue weighted by Gasteiger charge is -2.49. The molecule has 0 aliphatic heterocycles. The third-order valence-corrected chi connectivity index (χ3v) is 4.83. The Bertz CT molecular complexity index is 589. The second-order valence-corrected chi connectivity index (χ2v) is 6.57. The van der Waals surface area contributed by atoms with Gasteiger partial charge in [-0.25, -0.2) is 0 Å². The average Bonchev–Trinajstić information content (AvgIpc) is 2.52.